The van der Waals surface area contributed by atoms with Crippen molar-refractivity contribution in [2.45, 2.75) is 31.6 Å². The van der Waals surface area contributed by atoms with E-state index in [2.05, 4.69) is 5.32 Å². The van der Waals surface area contributed by atoms with E-state index in [-0.39, 0.29) is 30.4 Å². The number of hydrogen-bond donors (Lipinski definition) is 2. The molecule has 0 radical (unpaired) electrons. The predicted octanol–water partition coefficient (Wildman–Crippen LogP) is 1.30. The fraction of sp³-hybridized carbons (Fsp3) is 0.684. The van der Waals surface area contributed by atoms with Crippen molar-refractivity contribution >= 4 is 39.5 Å². The molecule has 1 amide bonds. The van der Waals surface area contributed by atoms with Crippen LogP contribution >= 0.6 is 23.5 Å². The van der Waals surface area contributed by atoms with Crippen molar-refractivity contribution in [2.24, 2.45) is 0 Å². The average molecular weight is 477 g/mol. The number of amides is 1. The number of nitrogens with zero attached hydrogens (tertiary/aromatic N) is 1. The second-order valence-electron chi connectivity index (χ2n) is 7.65. The lowest BCUT2D eigenvalue weighted by atomic mass is 9.75. The van der Waals surface area contributed by atoms with Crippen LogP contribution in [0.1, 0.15) is 30.8 Å². The molecule has 0 aliphatic carbocycles. The van der Waals surface area contributed by atoms with Crippen molar-refractivity contribution in [1.29, 1.82) is 0 Å². The van der Waals surface area contributed by atoms with Crippen LogP contribution < -0.4 is 10.7 Å². The molecular weight excluding hydrogens is 448 g/mol. The first-order valence-electron chi connectivity index (χ1n) is 9.98. The Morgan fingerprint density at radius 1 is 1.23 bits per heavy atom. The molecular formula is C19H28N2O6S3. The highest BCUT2D eigenvalue weighted by Crippen LogP contribution is 2.43. The summed E-state index contributed by atoms with van der Waals surface area (Å²) < 4.78 is 32.1. The highest BCUT2D eigenvalue weighted by molar-refractivity contribution is 7.99. The van der Waals surface area contributed by atoms with E-state index < -0.39 is 26.6 Å². The molecule has 0 unspecified atom stereocenters. The van der Waals surface area contributed by atoms with Crippen LogP contribution in [0.5, 0.6) is 5.75 Å². The molecule has 1 aromatic rings. The van der Waals surface area contributed by atoms with E-state index in [1.165, 1.54) is 10.4 Å². The minimum atomic E-state index is -3.40. The molecule has 3 rings (SSSR count). The molecule has 2 aliphatic rings. The smallest absolute Gasteiger partial charge is 0.227 e. The molecule has 2 fully saturated rings. The Kier molecular flexibility index (Phi) is 7.81. The number of carbonyl (C=O) groups is 1. The van der Waals surface area contributed by atoms with Crippen molar-refractivity contribution < 1.29 is 22.7 Å². The number of carbonyl (C=O) groups excluding carboxylic acids is 1. The maximum absolute atomic E-state index is 12.7. The normalized spacial score (nSPS) is 20.0. The van der Waals surface area contributed by atoms with Crippen molar-refractivity contribution in [1.82, 2.24) is 9.62 Å². The van der Waals surface area contributed by atoms with E-state index in [0.29, 0.717) is 31.7 Å². The first kappa shape index (κ1) is 23.5. The third kappa shape index (κ3) is 5.54. The van der Waals surface area contributed by atoms with Crippen molar-refractivity contribution in [3.8, 4) is 5.75 Å². The van der Waals surface area contributed by atoms with Gasteiger partial charge >= 0.3 is 0 Å². The summed E-state index contributed by atoms with van der Waals surface area (Å²) in [7, 11) is -3.40. The van der Waals surface area contributed by atoms with Gasteiger partial charge in [-0.05, 0) is 31.3 Å². The monoisotopic (exact) mass is 476 g/mol. The second kappa shape index (κ2) is 9.97. The Labute approximate surface area is 185 Å². The minimum Gasteiger partial charge on any atom is -0.502 e. The Balaban J connectivity index is 1.67. The summed E-state index contributed by atoms with van der Waals surface area (Å²) in [5.74, 6) is 2.81. The fourth-order valence-electron chi connectivity index (χ4n) is 3.85. The van der Waals surface area contributed by atoms with E-state index in [9.17, 15) is 23.1 Å². The molecule has 0 saturated carbocycles. The van der Waals surface area contributed by atoms with Gasteiger partial charge in [-0.25, -0.2) is 12.7 Å². The summed E-state index contributed by atoms with van der Waals surface area (Å²) in [4.78, 5) is 24.8. The van der Waals surface area contributed by atoms with Crippen molar-refractivity contribution in [3.63, 3.8) is 0 Å². The quantitative estimate of drug-likeness (QED) is 0.605. The van der Waals surface area contributed by atoms with Crippen LogP contribution in [0.15, 0.2) is 15.3 Å². The van der Waals surface area contributed by atoms with Crippen LogP contribution in [0.2, 0.25) is 0 Å². The molecule has 11 heteroatoms. The maximum atomic E-state index is 12.7. The molecule has 1 aromatic heterocycles. The van der Waals surface area contributed by atoms with Gasteiger partial charge in [0.2, 0.25) is 27.1 Å². The number of sulfonamides is 1. The first-order valence-corrected chi connectivity index (χ1v) is 13.9. The molecule has 3 heterocycles. The number of hydrogen-bond acceptors (Lipinski definition) is 8. The van der Waals surface area contributed by atoms with E-state index >= 15 is 0 Å². The van der Waals surface area contributed by atoms with Gasteiger partial charge in [0, 0.05) is 49.0 Å². The zero-order chi connectivity index (χ0) is 21.8. The van der Waals surface area contributed by atoms with Gasteiger partial charge in [-0.15, -0.1) is 0 Å². The summed E-state index contributed by atoms with van der Waals surface area (Å²) in [5.41, 5.74) is -1.29. The zero-order valence-electron chi connectivity index (χ0n) is 17.0. The van der Waals surface area contributed by atoms with Crippen LogP contribution in [0.4, 0.5) is 0 Å². The number of rotatable bonds is 7. The van der Waals surface area contributed by atoms with E-state index in [0.717, 1.165) is 23.0 Å². The molecule has 0 spiro atoms. The number of nitrogens with one attached hydrogen (secondary N) is 1. The molecule has 2 saturated heterocycles. The first-order chi connectivity index (χ1) is 14.2. The maximum Gasteiger partial charge on any atom is 0.227 e. The Morgan fingerprint density at radius 3 is 2.53 bits per heavy atom. The van der Waals surface area contributed by atoms with Crippen molar-refractivity contribution in [2.75, 3.05) is 48.4 Å². The summed E-state index contributed by atoms with van der Waals surface area (Å²) in [6.45, 7) is 2.68. The predicted molar refractivity (Wildman–Crippen MR) is 120 cm³/mol. The van der Waals surface area contributed by atoms with E-state index in [1.807, 2.05) is 0 Å². The Hall–Kier alpha value is -1.17. The number of aryl methyl sites for hydroxylation is 1. The Bertz CT molecular complexity index is 919. The van der Waals surface area contributed by atoms with Gasteiger partial charge in [-0.1, -0.05) is 0 Å². The SMILES string of the molecule is Cc1cc(=O)c(O)c(C2(CC(=O)NCCS(=O)(=O)N3CCSCC3)CCSCC2)o1. The number of thioether (sulfide) groups is 2. The van der Waals surface area contributed by atoms with Crippen LogP contribution in [-0.2, 0) is 20.2 Å². The minimum absolute atomic E-state index is 0.0272. The molecule has 0 bridgehead atoms. The second-order valence-corrected chi connectivity index (χ2v) is 12.2. The van der Waals surface area contributed by atoms with Gasteiger partial charge in [-0.3, -0.25) is 9.59 Å². The highest BCUT2D eigenvalue weighted by Gasteiger charge is 2.41. The van der Waals surface area contributed by atoms with Gasteiger partial charge in [0.1, 0.15) is 5.76 Å². The summed E-state index contributed by atoms with van der Waals surface area (Å²) in [6.07, 6.45) is 1.22. The van der Waals surface area contributed by atoms with Gasteiger partial charge in [0.15, 0.2) is 5.76 Å². The molecule has 0 atom stereocenters. The topological polar surface area (TPSA) is 117 Å². The van der Waals surface area contributed by atoms with Crippen LogP contribution in [0, 0.1) is 6.92 Å². The van der Waals surface area contributed by atoms with Gasteiger partial charge < -0.3 is 14.8 Å². The third-order valence-corrected chi connectivity index (χ3v) is 9.32. The van der Waals surface area contributed by atoms with E-state index in [1.54, 1.807) is 30.4 Å². The number of aromatic hydroxyl groups is 1. The lowest BCUT2D eigenvalue weighted by Gasteiger charge is -2.35. The summed E-state index contributed by atoms with van der Waals surface area (Å²) in [5, 5.41) is 13.1. The lowest BCUT2D eigenvalue weighted by Crippen LogP contribution is -2.43. The Morgan fingerprint density at radius 2 is 1.87 bits per heavy atom. The van der Waals surface area contributed by atoms with Crippen LogP contribution in [0.25, 0.3) is 0 Å². The lowest BCUT2D eigenvalue weighted by molar-refractivity contribution is -0.122. The van der Waals surface area contributed by atoms with Gasteiger partial charge in [0.25, 0.3) is 0 Å². The molecule has 168 valence electrons. The van der Waals surface area contributed by atoms with Gasteiger partial charge in [0.05, 0.1) is 5.75 Å². The summed E-state index contributed by atoms with van der Waals surface area (Å²) in [6, 6.07) is 1.23. The van der Waals surface area contributed by atoms with Crippen molar-refractivity contribution in [3.05, 3.63) is 27.8 Å². The van der Waals surface area contributed by atoms with Crippen LogP contribution in [-0.4, -0.2) is 72.1 Å². The third-order valence-electron chi connectivity index (χ3n) is 5.52. The zero-order valence-corrected chi connectivity index (χ0v) is 19.5. The average Bonchev–Trinajstić information content (AvgIpc) is 2.72. The molecule has 2 aliphatic heterocycles. The highest BCUT2D eigenvalue weighted by atomic mass is 32.2. The van der Waals surface area contributed by atoms with Crippen LogP contribution in [0.3, 0.4) is 0 Å². The van der Waals surface area contributed by atoms with E-state index in [4.69, 9.17) is 4.42 Å². The largest absolute Gasteiger partial charge is 0.502 e. The molecule has 30 heavy (non-hydrogen) atoms. The van der Waals surface area contributed by atoms with Gasteiger partial charge in [-0.2, -0.15) is 23.5 Å². The standard InChI is InChI=1S/C19H28N2O6S3/c1-14-12-15(22)17(24)18(27-14)19(2-7-28-8-3-19)13-16(23)20-4-11-30(25,26)21-5-9-29-10-6-21/h12,24H,2-11,13H2,1H3,(H,20,23). The molecule has 2 N–H and O–H groups in total. The molecule has 8 nitrogen and oxygen atoms in total. The molecule has 0 aromatic carbocycles. The fourth-order valence-corrected chi connectivity index (χ4v) is 7.62. The summed E-state index contributed by atoms with van der Waals surface area (Å²) >= 11 is 3.48.